The molecule has 10 amide bonds. The Kier molecular flexibility index (Phi) is 19.9. The van der Waals surface area contributed by atoms with E-state index in [1.807, 2.05) is 72.8 Å². The van der Waals surface area contributed by atoms with Crippen LogP contribution in [0.5, 0.6) is 11.5 Å². The molecule has 0 aromatic heterocycles. The number of carbonyl (C=O) groups excluding carboxylic acids is 11. The molecule has 5 N–H and O–H groups in total. The molecule has 8 aliphatic heterocycles. The van der Waals surface area contributed by atoms with Gasteiger partial charge in [0.2, 0.25) is 35.0 Å². The quantitative estimate of drug-likeness (QED) is 0.0530. The third-order valence-electron chi connectivity index (χ3n) is 25.0. The molecule has 111 heavy (non-hydrogen) atoms. The van der Waals surface area contributed by atoms with E-state index < -0.39 is 47.5 Å². The summed E-state index contributed by atoms with van der Waals surface area (Å²) in [7, 11) is 0. The number of nitrogens with zero attached hydrogens (tertiary/aromatic N) is 7. The Balaban J connectivity index is 0.000000141. The van der Waals surface area contributed by atoms with Crippen LogP contribution in [-0.4, -0.2) is 146 Å². The summed E-state index contributed by atoms with van der Waals surface area (Å²) in [4.78, 5) is 153. The van der Waals surface area contributed by atoms with Crippen LogP contribution in [0.4, 0.5) is 22.7 Å². The number of ether oxygens (including phenoxy) is 2. The maximum Gasteiger partial charge on any atom is 0.262 e. The topological polar surface area (TPSA) is 291 Å². The van der Waals surface area contributed by atoms with Gasteiger partial charge in [-0.2, -0.15) is 0 Å². The molecule has 27 heteroatoms. The molecule has 0 radical (unpaired) electrons. The zero-order chi connectivity index (χ0) is 77.3. The maximum atomic E-state index is 13.5. The van der Waals surface area contributed by atoms with Crippen molar-refractivity contribution in [1.82, 2.24) is 41.3 Å². The highest BCUT2D eigenvalue weighted by molar-refractivity contribution is 6.34. The van der Waals surface area contributed by atoms with Gasteiger partial charge < -0.3 is 35.2 Å². The molecular weight excluding hydrogens is 1460 g/mol. The number of anilines is 2. The minimum Gasteiger partial charge on any atom is -0.487 e. The fraction of sp³-hybridized carbons (Fsp3) is 0.417. The first-order chi connectivity index (χ1) is 53.5. The molecule has 2 unspecified atom stereocenters. The predicted octanol–water partition coefficient (Wildman–Crippen LogP) is 11.3. The van der Waals surface area contributed by atoms with Crippen molar-refractivity contribution in [3.8, 4) is 11.5 Å². The summed E-state index contributed by atoms with van der Waals surface area (Å²) in [6.07, 6.45) is 14.0. The molecule has 6 aromatic carbocycles. The molecule has 4 bridgehead atoms. The molecular formula is C84H82Cl2N12O13. The summed E-state index contributed by atoms with van der Waals surface area (Å²) in [5.41, 5.74) is 8.83. The van der Waals surface area contributed by atoms with E-state index in [1.54, 1.807) is 36.4 Å². The van der Waals surface area contributed by atoms with Crippen LogP contribution in [0.25, 0.3) is 9.69 Å². The minimum absolute atomic E-state index is 0.0304. The number of hydrogen-bond donors (Lipinski definition) is 5. The van der Waals surface area contributed by atoms with Crippen LogP contribution in [0.3, 0.4) is 0 Å². The van der Waals surface area contributed by atoms with Gasteiger partial charge in [-0.3, -0.25) is 78.1 Å². The zero-order valence-corrected chi connectivity index (χ0v) is 62.6. The van der Waals surface area contributed by atoms with E-state index >= 15 is 0 Å². The predicted molar refractivity (Wildman–Crippen MR) is 409 cm³/mol. The molecule has 20 rings (SSSR count). The van der Waals surface area contributed by atoms with Gasteiger partial charge in [-0.15, -0.1) is 0 Å². The van der Waals surface area contributed by atoms with E-state index in [2.05, 4.69) is 51.0 Å². The number of amides is 10. The van der Waals surface area contributed by atoms with Crippen LogP contribution < -0.4 is 45.9 Å². The van der Waals surface area contributed by atoms with Crippen molar-refractivity contribution >= 4 is 111 Å². The highest BCUT2D eigenvalue weighted by atomic mass is 35.5. The van der Waals surface area contributed by atoms with E-state index in [0.29, 0.717) is 117 Å². The monoisotopic (exact) mass is 1540 g/mol. The van der Waals surface area contributed by atoms with Crippen LogP contribution >= 0.6 is 23.2 Å². The first-order valence-corrected chi connectivity index (χ1v) is 39.0. The normalized spacial score (nSPS) is 25.8. The maximum absolute atomic E-state index is 13.5. The van der Waals surface area contributed by atoms with Crippen molar-refractivity contribution < 1.29 is 62.2 Å². The lowest BCUT2D eigenvalue weighted by Gasteiger charge is -2.53. The van der Waals surface area contributed by atoms with E-state index in [0.717, 1.165) is 159 Å². The summed E-state index contributed by atoms with van der Waals surface area (Å²) in [5.74, 6) is -2.17. The van der Waals surface area contributed by atoms with Crippen LogP contribution in [0.1, 0.15) is 213 Å². The number of fused-ring (bicyclic) bond motifs is 10. The fourth-order valence-corrected chi connectivity index (χ4v) is 18.9. The molecule has 2 atom stereocenters. The summed E-state index contributed by atoms with van der Waals surface area (Å²) in [6.45, 7) is 20.3. The highest BCUT2D eigenvalue weighted by Gasteiger charge is 2.54. The number of rotatable bonds is 13. The second-order valence-electron chi connectivity index (χ2n) is 31.6. The summed E-state index contributed by atoms with van der Waals surface area (Å²) >= 11 is 12.4. The number of benzene rings is 6. The van der Waals surface area contributed by atoms with E-state index in [4.69, 9.17) is 45.8 Å². The Labute approximate surface area is 651 Å². The third kappa shape index (κ3) is 14.6. The Morgan fingerprint density at radius 3 is 1.18 bits per heavy atom. The smallest absolute Gasteiger partial charge is 0.262 e. The second kappa shape index (κ2) is 29.8. The largest absolute Gasteiger partial charge is 0.487 e. The number of Topliss-reactive ketones (excluding diaryl/α,β-unsaturated/α-hetero) is 1. The summed E-state index contributed by atoms with van der Waals surface area (Å²) < 4.78 is 12.9. The lowest BCUT2D eigenvalue weighted by Crippen LogP contribution is -2.60. The van der Waals surface area contributed by atoms with E-state index in [1.165, 1.54) is 0 Å². The third-order valence-corrected chi connectivity index (χ3v) is 25.7. The van der Waals surface area contributed by atoms with Crippen molar-refractivity contribution in [3.63, 3.8) is 0 Å². The molecule has 25 nitrogen and oxygen atoms in total. The number of carbonyl (C=O) groups is 11. The zero-order valence-electron chi connectivity index (χ0n) is 61.1. The molecule has 6 saturated carbocycles. The van der Waals surface area contributed by atoms with Gasteiger partial charge in [-0.05, 0) is 222 Å². The van der Waals surface area contributed by atoms with Crippen molar-refractivity contribution in [2.45, 2.75) is 195 Å². The van der Waals surface area contributed by atoms with Crippen molar-refractivity contribution in [2.75, 3.05) is 36.0 Å². The molecule has 6 aromatic rings. The Morgan fingerprint density at radius 2 is 0.820 bits per heavy atom. The van der Waals surface area contributed by atoms with Gasteiger partial charge in [-0.25, -0.2) is 9.69 Å². The van der Waals surface area contributed by atoms with Crippen LogP contribution in [0.2, 0.25) is 10.0 Å². The molecule has 8 heterocycles. The van der Waals surface area contributed by atoms with Gasteiger partial charge in [0.05, 0.1) is 45.4 Å². The van der Waals surface area contributed by atoms with Crippen LogP contribution in [0.15, 0.2) is 109 Å². The summed E-state index contributed by atoms with van der Waals surface area (Å²) in [5, 5.41) is 15.1. The van der Waals surface area contributed by atoms with Crippen LogP contribution in [0, 0.1) is 13.1 Å². The SMILES string of the molecule is O=C1CCC(N2C(=O)c3cc4c(cc3C2=O)CNC4)C(=O)N1.[C-]#[N+]c1ccc(OC23CCC(NC(=O)c4ccc(N5CCC(=O)CC5)cc4)(CC2)CC3)cc1Cl.[C-]#[N+]c1ccc(OC23CCC(NC(=O)c4ccc(N5CCC(N6Cc7cc8c(cc7C6)C(=O)N(C6CCC(=O)NC6=O)C8=O)CC5)cc4)(CC2)CC3)cc1Cl. The Hall–Kier alpha value is -10.8. The standard InChI is InChI=1S/C42H41ClN6O6.C27H28ClN3O3.C15H13N3O4/c1-44-34-7-6-30(22-33(34)43)55-42-15-12-41(13-16-42,14-17-42)46-37(51)25-2-4-28(5-3-25)47-18-10-29(11-19-47)48-23-26-20-31-32(21-27(26)24-48)40(54)49(39(31)53)35-8-9-36(50)45-38(35)52;1-29-24-7-6-22(18-23(24)28)34-27-13-10-26(11-14-27,12-15-27)30-25(33)19-2-4-20(5-3-19)31-16-8-21(32)9-17-31;19-12-2-1-11(13(20)17-12)18-14(21)9-3-7-5-16-6-8(7)4-10(9)15(18)22/h2-7,20-22,29,35H,8-19,23-24H2,(H,46,51)(H,45,50,52);2-7,18H,8-17H2,(H,30,33);3-4,11,16H,1-2,5-6H2,(H,17,19,20). The molecule has 6 aliphatic carbocycles. The Bertz CT molecular complexity index is 4880. The first-order valence-electron chi connectivity index (χ1n) is 38.3. The number of nitrogens with one attached hydrogen (secondary N) is 5. The highest BCUT2D eigenvalue weighted by Crippen LogP contribution is 2.52. The number of hydrogen-bond acceptors (Lipinski definition) is 17. The van der Waals surface area contributed by atoms with Crippen molar-refractivity contribution in [1.29, 1.82) is 0 Å². The lowest BCUT2D eigenvalue weighted by atomic mass is 9.63. The Morgan fingerprint density at radius 1 is 0.450 bits per heavy atom. The lowest BCUT2D eigenvalue weighted by molar-refractivity contribution is -0.137. The average molecular weight is 1540 g/mol. The van der Waals surface area contributed by atoms with Gasteiger partial charge in [0.25, 0.3) is 35.4 Å². The van der Waals surface area contributed by atoms with E-state index in [9.17, 15) is 52.7 Å². The van der Waals surface area contributed by atoms with Gasteiger partial charge in [0.1, 0.15) is 40.6 Å². The number of imide groups is 4. The molecule has 0 spiro atoms. The van der Waals surface area contributed by atoms with Gasteiger partial charge in [0.15, 0.2) is 0 Å². The molecule has 10 fully saturated rings. The average Bonchev–Trinajstić information content (AvgIpc) is 1.38. The molecule has 14 aliphatic rings. The van der Waals surface area contributed by atoms with Gasteiger partial charge in [0, 0.05) is 118 Å². The number of halogens is 2. The van der Waals surface area contributed by atoms with Crippen molar-refractivity contribution in [3.05, 3.63) is 198 Å². The first kappa shape index (κ1) is 74.3. The van der Waals surface area contributed by atoms with Gasteiger partial charge >= 0.3 is 0 Å². The van der Waals surface area contributed by atoms with Crippen molar-refractivity contribution in [2.24, 2.45) is 0 Å². The fourth-order valence-electron chi connectivity index (χ4n) is 18.5. The van der Waals surface area contributed by atoms with Crippen LogP contribution in [-0.2, 0) is 50.2 Å². The second-order valence-corrected chi connectivity index (χ2v) is 32.4. The summed E-state index contributed by atoms with van der Waals surface area (Å²) in [6, 6.07) is 31.7. The van der Waals surface area contributed by atoms with E-state index in [-0.39, 0.29) is 71.6 Å². The molecule has 570 valence electrons. The number of piperidine rings is 4. The molecule has 4 saturated heterocycles. The minimum atomic E-state index is -0.967. The number of ketones is 1. The van der Waals surface area contributed by atoms with Gasteiger partial charge in [-0.1, -0.05) is 35.3 Å².